The molecule has 0 bridgehead atoms. The lowest BCUT2D eigenvalue weighted by molar-refractivity contribution is -0.138. The number of ether oxygens (including phenoxy) is 2. The van der Waals surface area contributed by atoms with Crippen molar-refractivity contribution < 1.29 is 19.4 Å². The fourth-order valence-corrected chi connectivity index (χ4v) is 2.85. The van der Waals surface area contributed by atoms with Crippen molar-refractivity contribution in [2.75, 3.05) is 13.2 Å². The Bertz CT molecular complexity index is 498. The summed E-state index contributed by atoms with van der Waals surface area (Å²) in [4.78, 5) is 11.0. The van der Waals surface area contributed by atoms with Crippen molar-refractivity contribution >= 4 is 5.97 Å². The van der Waals surface area contributed by atoms with Gasteiger partial charge in [0.15, 0.2) is 0 Å². The Labute approximate surface area is 126 Å². The molecule has 1 saturated carbocycles. The number of rotatable bonds is 8. The first-order valence-electron chi connectivity index (χ1n) is 7.69. The van der Waals surface area contributed by atoms with Gasteiger partial charge in [-0.2, -0.15) is 0 Å². The van der Waals surface area contributed by atoms with E-state index in [-0.39, 0.29) is 11.8 Å². The van der Waals surface area contributed by atoms with E-state index in [0.717, 1.165) is 29.9 Å². The van der Waals surface area contributed by atoms with Crippen LogP contribution >= 0.6 is 0 Å². The number of carboxylic acid groups (broad SMARTS) is 1. The Morgan fingerprint density at radius 1 is 1.33 bits per heavy atom. The molecule has 0 amide bonds. The van der Waals surface area contributed by atoms with Crippen molar-refractivity contribution in [2.24, 2.45) is 11.8 Å². The Kier molecular flexibility index (Phi) is 5.10. The molecule has 4 heteroatoms. The first-order valence-corrected chi connectivity index (χ1v) is 7.69. The lowest BCUT2D eigenvalue weighted by Gasteiger charge is -2.18. The van der Waals surface area contributed by atoms with Crippen LogP contribution in [0.15, 0.2) is 18.2 Å². The third kappa shape index (κ3) is 3.90. The first kappa shape index (κ1) is 15.7. The highest BCUT2D eigenvalue weighted by molar-refractivity contribution is 5.73. The van der Waals surface area contributed by atoms with E-state index >= 15 is 0 Å². The van der Waals surface area contributed by atoms with Crippen LogP contribution in [0.1, 0.15) is 45.1 Å². The summed E-state index contributed by atoms with van der Waals surface area (Å²) in [7, 11) is 0. The van der Waals surface area contributed by atoms with Gasteiger partial charge in [-0.25, -0.2) is 0 Å². The molecule has 1 aromatic carbocycles. The van der Waals surface area contributed by atoms with Crippen LogP contribution < -0.4 is 9.47 Å². The third-order valence-corrected chi connectivity index (χ3v) is 4.02. The largest absolute Gasteiger partial charge is 0.494 e. The molecule has 3 atom stereocenters. The summed E-state index contributed by atoms with van der Waals surface area (Å²) in [6.07, 6.45) is 1.68. The van der Waals surface area contributed by atoms with Gasteiger partial charge >= 0.3 is 5.97 Å². The molecular formula is C17H24O4. The van der Waals surface area contributed by atoms with Crippen LogP contribution in [-0.4, -0.2) is 24.3 Å². The summed E-state index contributed by atoms with van der Waals surface area (Å²) in [6.45, 7) is 7.30. The summed E-state index contributed by atoms with van der Waals surface area (Å²) < 4.78 is 11.3. The predicted molar refractivity (Wildman–Crippen MR) is 81.0 cm³/mol. The van der Waals surface area contributed by atoms with Crippen LogP contribution in [0.2, 0.25) is 0 Å². The zero-order valence-corrected chi connectivity index (χ0v) is 13.0. The number of aliphatic carboxylic acids is 1. The Morgan fingerprint density at radius 2 is 2.05 bits per heavy atom. The SMILES string of the molecule is CCOc1ccc(OCC)c(C(C)CC2CC2C(=O)O)c1. The van der Waals surface area contributed by atoms with Crippen LogP contribution in [0.3, 0.4) is 0 Å². The van der Waals surface area contributed by atoms with Gasteiger partial charge in [0, 0.05) is 5.56 Å². The van der Waals surface area contributed by atoms with Crippen LogP contribution in [0.4, 0.5) is 0 Å². The highest BCUT2D eigenvalue weighted by Crippen LogP contribution is 2.46. The van der Waals surface area contributed by atoms with Gasteiger partial charge in [-0.1, -0.05) is 6.92 Å². The van der Waals surface area contributed by atoms with Gasteiger partial charge in [0.25, 0.3) is 0 Å². The maximum absolute atomic E-state index is 11.0. The van der Waals surface area contributed by atoms with E-state index in [4.69, 9.17) is 14.6 Å². The van der Waals surface area contributed by atoms with Gasteiger partial charge in [0.1, 0.15) is 11.5 Å². The molecule has 4 nitrogen and oxygen atoms in total. The zero-order chi connectivity index (χ0) is 15.4. The molecule has 3 unspecified atom stereocenters. The van der Waals surface area contributed by atoms with Crippen LogP contribution in [0.25, 0.3) is 0 Å². The quantitative estimate of drug-likeness (QED) is 0.793. The van der Waals surface area contributed by atoms with E-state index in [9.17, 15) is 4.79 Å². The minimum Gasteiger partial charge on any atom is -0.494 e. The van der Waals surface area contributed by atoms with Crippen molar-refractivity contribution in [3.8, 4) is 11.5 Å². The minimum absolute atomic E-state index is 0.155. The average molecular weight is 292 g/mol. The zero-order valence-electron chi connectivity index (χ0n) is 13.0. The van der Waals surface area contributed by atoms with Gasteiger partial charge in [-0.05, 0) is 56.7 Å². The lowest BCUT2D eigenvalue weighted by atomic mass is 9.93. The number of carbonyl (C=O) groups is 1. The topological polar surface area (TPSA) is 55.8 Å². The molecule has 1 aliphatic carbocycles. The van der Waals surface area contributed by atoms with E-state index in [1.165, 1.54) is 0 Å². The van der Waals surface area contributed by atoms with Gasteiger partial charge < -0.3 is 14.6 Å². The first-order chi connectivity index (χ1) is 10.1. The number of carboxylic acids is 1. The molecule has 21 heavy (non-hydrogen) atoms. The van der Waals surface area contributed by atoms with E-state index in [0.29, 0.717) is 19.1 Å². The van der Waals surface area contributed by atoms with Crippen molar-refractivity contribution in [3.05, 3.63) is 23.8 Å². The molecule has 1 fully saturated rings. The molecule has 1 aromatic rings. The molecule has 0 heterocycles. The molecule has 0 radical (unpaired) electrons. The molecule has 1 N–H and O–H groups in total. The summed E-state index contributed by atoms with van der Waals surface area (Å²) >= 11 is 0. The van der Waals surface area contributed by atoms with Gasteiger partial charge in [-0.15, -0.1) is 0 Å². The molecule has 0 spiro atoms. The molecule has 2 rings (SSSR count). The highest BCUT2D eigenvalue weighted by atomic mass is 16.5. The normalized spacial score (nSPS) is 21.7. The molecule has 1 aliphatic rings. The van der Waals surface area contributed by atoms with E-state index in [1.54, 1.807) is 0 Å². The van der Waals surface area contributed by atoms with Crippen molar-refractivity contribution in [3.63, 3.8) is 0 Å². The van der Waals surface area contributed by atoms with Crippen LogP contribution in [0, 0.1) is 11.8 Å². The maximum atomic E-state index is 11.0. The van der Waals surface area contributed by atoms with E-state index < -0.39 is 5.97 Å². The highest BCUT2D eigenvalue weighted by Gasteiger charge is 2.43. The van der Waals surface area contributed by atoms with Crippen LogP contribution in [0.5, 0.6) is 11.5 Å². The van der Waals surface area contributed by atoms with Crippen molar-refractivity contribution in [1.29, 1.82) is 0 Å². The van der Waals surface area contributed by atoms with Crippen LogP contribution in [-0.2, 0) is 4.79 Å². The van der Waals surface area contributed by atoms with E-state index in [1.807, 2.05) is 32.0 Å². The summed E-state index contributed by atoms with van der Waals surface area (Å²) in [6, 6.07) is 5.89. The predicted octanol–water partition coefficient (Wildman–Crippen LogP) is 3.70. The molecule has 0 saturated heterocycles. The second-order valence-electron chi connectivity index (χ2n) is 5.64. The average Bonchev–Trinajstić information content (AvgIpc) is 3.20. The van der Waals surface area contributed by atoms with E-state index in [2.05, 4.69) is 6.92 Å². The molecule has 0 aliphatic heterocycles. The summed E-state index contributed by atoms with van der Waals surface area (Å²) in [5.41, 5.74) is 1.11. The second-order valence-corrected chi connectivity index (χ2v) is 5.64. The number of hydrogen-bond acceptors (Lipinski definition) is 3. The smallest absolute Gasteiger partial charge is 0.306 e. The number of hydrogen-bond donors (Lipinski definition) is 1. The van der Waals surface area contributed by atoms with Gasteiger partial charge in [0.2, 0.25) is 0 Å². The van der Waals surface area contributed by atoms with Crippen molar-refractivity contribution in [2.45, 2.75) is 39.5 Å². The summed E-state index contributed by atoms with van der Waals surface area (Å²) in [5.74, 6) is 1.46. The molecule has 116 valence electrons. The molecule has 0 aromatic heterocycles. The fraction of sp³-hybridized carbons (Fsp3) is 0.588. The lowest BCUT2D eigenvalue weighted by Crippen LogP contribution is -2.05. The number of benzene rings is 1. The Balaban J connectivity index is 2.11. The fourth-order valence-electron chi connectivity index (χ4n) is 2.85. The maximum Gasteiger partial charge on any atom is 0.306 e. The van der Waals surface area contributed by atoms with Crippen molar-refractivity contribution in [1.82, 2.24) is 0 Å². The van der Waals surface area contributed by atoms with Gasteiger partial charge in [-0.3, -0.25) is 4.79 Å². The monoisotopic (exact) mass is 292 g/mol. The van der Waals surface area contributed by atoms with Gasteiger partial charge in [0.05, 0.1) is 19.1 Å². The third-order valence-electron chi connectivity index (χ3n) is 4.02. The minimum atomic E-state index is -0.666. The second kappa shape index (κ2) is 6.83. The summed E-state index contributed by atoms with van der Waals surface area (Å²) in [5, 5.41) is 9.02. The Hall–Kier alpha value is -1.71. The molecular weight excluding hydrogens is 268 g/mol. The standard InChI is InChI=1S/C17H24O4/c1-4-20-13-6-7-16(21-5-2)14(10-13)11(3)8-12-9-15(12)17(18)19/h6-7,10-12,15H,4-5,8-9H2,1-3H3,(H,18,19). The Morgan fingerprint density at radius 3 is 2.62 bits per heavy atom.